The van der Waals surface area contributed by atoms with E-state index < -0.39 is 4.92 Å². The molecule has 1 aromatic rings. The predicted octanol–water partition coefficient (Wildman–Crippen LogP) is 0.633. The van der Waals surface area contributed by atoms with Gasteiger partial charge in [-0.1, -0.05) is 12.8 Å². The lowest BCUT2D eigenvalue weighted by Gasteiger charge is -2.27. The second kappa shape index (κ2) is 6.44. The molecule has 0 bridgehead atoms. The van der Waals surface area contributed by atoms with Gasteiger partial charge >= 0.3 is 5.69 Å². The number of nitrogen functional groups attached to an aromatic ring is 1. The van der Waals surface area contributed by atoms with Crippen LogP contribution in [-0.2, 0) is 0 Å². The maximum atomic E-state index is 10.9. The van der Waals surface area contributed by atoms with Crippen molar-refractivity contribution in [3.8, 4) is 0 Å². The van der Waals surface area contributed by atoms with Gasteiger partial charge in [0.05, 0.1) is 11.0 Å². The van der Waals surface area contributed by atoms with Crippen LogP contribution in [0.5, 0.6) is 0 Å². The molecule has 0 amide bonds. The highest BCUT2D eigenvalue weighted by molar-refractivity contribution is 5.56. The second-order valence-corrected chi connectivity index (χ2v) is 4.82. The fourth-order valence-corrected chi connectivity index (χ4v) is 2.36. The minimum Gasteiger partial charge on any atom is -0.393 e. The van der Waals surface area contributed by atoms with E-state index in [1.807, 2.05) is 0 Å². The average Bonchev–Trinajstić information content (AvgIpc) is 2.46. The van der Waals surface area contributed by atoms with Crippen LogP contribution in [-0.4, -0.2) is 32.6 Å². The van der Waals surface area contributed by atoms with Crippen LogP contribution in [0.25, 0.3) is 0 Å². The highest BCUT2D eigenvalue weighted by Gasteiger charge is 2.24. The summed E-state index contributed by atoms with van der Waals surface area (Å²) in [6.45, 7) is 0.434. The lowest BCUT2D eigenvalue weighted by molar-refractivity contribution is -0.384. The minimum atomic E-state index is -0.556. The first-order valence-corrected chi connectivity index (χ1v) is 6.51. The van der Waals surface area contributed by atoms with Crippen LogP contribution < -0.4 is 16.6 Å². The molecule has 0 radical (unpaired) electrons. The number of hydrogen-bond acceptors (Lipinski definition) is 8. The number of rotatable bonds is 5. The molecule has 20 heavy (non-hydrogen) atoms. The molecule has 110 valence electrons. The summed E-state index contributed by atoms with van der Waals surface area (Å²) >= 11 is 0. The number of nitrogens with zero attached hydrogens (tertiary/aromatic N) is 3. The monoisotopic (exact) mass is 282 g/mol. The molecular weight excluding hydrogens is 264 g/mol. The number of nitro groups is 1. The van der Waals surface area contributed by atoms with Crippen LogP contribution in [0, 0.1) is 16.0 Å². The van der Waals surface area contributed by atoms with E-state index in [0.717, 1.165) is 31.9 Å². The summed E-state index contributed by atoms with van der Waals surface area (Å²) < 4.78 is 0. The summed E-state index contributed by atoms with van der Waals surface area (Å²) in [5.41, 5.74) is 2.03. The van der Waals surface area contributed by atoms with Gasteiger partial charge in [0.2, 0.25) is 11.8 Å². The molecule has 5 N–H and O–H groups in total. The largest absolute Gasteiger partial charge is 0.393 e. The van der Waals surface area contributed by atoms with Crippen LogP contribution in [0.3, 0.4) is 0 Å². The SMILES string of the molecule is NNc1ncc([N+](=O)[O-])c(NCC2CCCCC2O)n1. The number of anilines is 2. The van der Waals surface area contributed by atoms with Gasteiger partial charge in [0, 0.05) is 12.5 Å². The molecule has 0 aliphatic heterocycles. The molecule has 1 fully saturated rings. The van der Waals surface area contributed by atoms with Crippen molar-refractivity contribution in [3.63, 3.8) is 0 Å². The number of aliphatic hydroxyl groups excluding tert-OH is 1. The first kappa shape index (κ1) is 14.4. The van der Waals surface area contributed by atoms with Gasteiger partial charge in [-0.25, -0.2) is 10.8 Å². The molecule has 0 aromatic carbocycles. The number of nitrogens with two attached hydrogens (primary N) is 1. The minimum absolute atomic E-state index is 0.0765. The summed E-state index contributed by atoms with van der Waals surface area (Å²) in [5, 5.41) is 23.7. The molecule has 1 aliphatic rings. The van der Waals surface area contributed by atoms with Gasteiger partial charge in [0.25, 0.3) is 0 Å². The van der Waals surface area contributed by atoms with Crippen molar-refractivity contribution in [2.24, 2.45) is 11.8 Å². The molecule has 0 saturated heterocycles. The average molecular weight is 282 g/mol. The first-order chi connectivity index (χ1) is 9.61. The predicted molar refractivity (Wildman–Crippen MR) is 73.0 cm³/mol. The Bertz CT molecular complexity index is 483. The Balaban J connectivity index is 2.08. The molecule has 0 spiro atoms. The summed E-state index contributed by atoms with van der Waals surface area (Å²) in [6.07, 6.45) is 4.48. The van der Waals surface area contributed by atoms with Gasteiger partial charge in [0.1, 0.15) is 6.20 Å². The van der Waals surface area contributed by atoms with Gasteiger partial charge in [-0.2, -0.15) is 4.98 Å². The topological polar surface area (TPSA) is 139 Å². The van der Waals surface area contributed by atoms with Crippen molar-refractivity contribution in [3.05, 3.63) is 16.3 Å². The summed E-state index contributed by atoms with van der Waals surface area (Å²) in [4.78, 5) is 18.0. The van der Waals surface area contributed by atoms with Crippen LogP contribution in [0.1, 0.15) is 25.7 Å². The van der Waals surface area contributed by atoms with Gasteiger partial charge in [0.15, 0.2) is 0 Å². The zero-order valence-electron chi connectivity index (χ0n) is 11.0. The standard InChI is InChI=1S/C11H18N6O3/c12-16-11-14-6-8(17(19)20)10(15-11)13-5-7-3-1-2-4-9(7)18/h6-7,9,18H,1-5,12H2,(H2,13,14,15,16). The van der Waals surface area contributed by atoms with Gasteiger partial charge in [-0.3, -0.25) is 15.5 Å². The van der Waals surface area contributed by atoms with E-state index in [-0.39, 0.29) is 29.5 Å². The van der Waals surface area contributed by atoms with Gasteiger partial charge < -0.3 is 10.4 Å². The number of hydrogen-bond donors (Lipinski definition) is 4. The van der Waals surface area contributed by atoms with E-state index in [0.29, 0.717) is 6.54 Å². The van der Waals surface area contributed by atoms with Crippen LogP contribution >= 0.6 is 0 Å². The number of aromatic nitrogens is 2. The lowest BCUT2D eigenvalue weighted by atomic mass is 9.86. The van der Waals surface area contributed by atoms with Crippen molar-refractivity contribution < 1.29 is 10.0 Å². The van der Waals surface area contributed by atoms with Crippen molar-refractivity contribution in [2.45, 2.75) is 31.8 Å². The Morgan fingerprint density at radius 2 is 2.25 bits per heavy atom. The molecule has 2 atom stereocenters. The maximum absolute atomic E-state index is 10.9. The van der Waals surface area contributed by atoms with Crippen molar-refractivity contribution >= 4 is 17.5 Å². The Morgan fingerprint density at radius 1 is 1.50 bits per heavy atom. The third-order valence-corrected chi connectivity index (χ3v) is 3.50. The Kier molecular flexibility index (Phi) is 4.64. The maximum Gasteiger partial charge on any atom is 0.329 e. The van der Waals surface area contributed by atoms with E-state index in [1.165, 1.54) is 0 Å². The number of nitrogens with one attached hydrogen (secondary N) is 2. The molecule has 1 aromatic heterocycles. The molecule has 2 rings (SSSR count). The zero-order chi connectivity index (χ0) is 14.5. The first-order valence-electron chi connectivity index (χ1n) is 6.51. The van der Waals surface area contributed by atoms with Gasteiger partial charge in [-0.15, -0.1) is 0 Å². The Morgan fingerprint density at radius 3 is 2.90 bits per heavy atom. The van der Waals surface area contributed by atoms with E-state index in [1.54, 1.807) is 0 Å². The van der Waals surface area contributed by atoms with Crippen molar-refractivity contribution in [1.82, 2.24) is 9.97 Å². The molecular formula is C11H18N6O3. The third kappa shape index (κ3) is 3.31. The molecule has 1 aliphatic carbocycles. The Hall–Kier alpha value is -2.00. The molecule has 9 heteroatoms. The summed E-state index contributed by atoms with van der Waals surface area (Å²) in [7, 11) is 0. The van der Waals surface area contributed by atoms with E-state index >= 15 is 0 Å². The molecule has 1 saturated carbocycles. The number of hydrazine groups is 1. The van der Waals surface area contributed by atoms with E-state index in [9.17, 15) is 15.2 Å². The molecule has 1 heterocycles. The van der Waals surface area contributed by atoms with Gasteiger partial charge in [-0.05, 0) is 12.8 Å². The fourth-order valence-electron chi connectivity index (χ4n) is 2.36. The lowest BCUT2D eigenvalue weighted by Crippen LogP contribution is -2.30. The Labute approximate surface area is 115 Å². The smallest absolute Gasteiger partial charge is 0.329 e. The summed E-state index contributed by atoms with van der Waals surface area (Å²) in [6, 6.07) is 0. The molecule has 2 unspecified atom stereocenters. The quantitative estimate of drug-likeness (QED) is 0.350. The molecule has 9 nitrogen and oxygen atoms in total. The van der Waals surface area contributed by atoms with E-state index in [4.69, 9.17) is 5.84 Å². The van der Waals surface area contributed by atoms with Crippen molar-refractivity contribution in [2.75, 3.05) is 17.3 Å². The number of aliphatic hydroxyl groups is 1. The highest BCUT2D eigenvalue weighted by Crippen LogP contribution is 2.26. The second-order valence-electron chi connectivity index (χ2n) is 4.82. The van der Waals surface area contributed by atoms with Crippen LogP contribution in [0.15, 0.2) is 6.20 Å². The fraction of sp³-hybridized carbons (Fsp3) is 0.636. The van der Waals surface area contributed by atoms with Crippen LogP contribution in [0.2, 0.25) is 0 Å². The zero-order valence-corrected chi connectivity index (χ0v) is 11.0. The normalized spacial score (nSPS) is 22.3. The van der Waals surface area contributed by atoms with Crippen LogP contribution in [0.4, 0.5) is 17.5 Å². The van der Waals surface area contributed by atoms with Crippen molar-refractivity contribution in [1.29, 1.82) is 0 Å². The highest BCUT2D eigenvalue weighted by atomic mass is 16.6. The summed E-state index contributed by atoms with van der Waals surface area (Å²) in [5.74, 6) is 5.48. The van der Waals surface area contributed by atoms with E-state index in [2.05, 4.69) is 20.7 Å². The third-order valence-electron chi connectivity index (χ3n) is 3.50.